The Hall–Kier alpha value is -3.42. The second kappa shape index (κ2) is 7.90. The van der Waals surface area contributed by atoms with Gasteiger partial charge in [0.2, 0.25) is 12.7 Å². The highest BCUT2D eigenvalue weighted by molar-refractivity contribution is 6.00. The summed E-state index contributed by atoms with van der Waals surface area (Å²) in [6, 6.07) is 10.6. The third-order valence-electron chi connectivity index (χ3n) is 5.08. The number of ether oxygens (including phenoxy) is 4. The number of nitrogens with zero attached hydrogens (tertiary/aromatic N) is 1. The standard InChI is InChI=1S/C21H22N2O6/c1-26-16-4-3-5-17(27-2)20(16)21(25)22-10-13-8-19(24)23(11-13)14-6-7-15-18(9-14)29-12-28-15/h3-7,9,13H,8,10-12H2,1-2H3,(H,22,25). The summed E-state index contributed by atoms with van der Waals surface area (Å²) in [7, 11) is 3.01. The lowest BCUT2D eigenvalue weighted by atomic mass is 10.1. The molecule has 1 N–H and O–H groups in total. The van der Waals surface area contributed by atoms with E-state index in [1.807, 2.05) is 6.07 Å². The molecule has 2 amide bonds. The Bertz CT molecular complexity index is 923. The number of anilines is 1. The van der Waals surface area contributed by atoms with E-state index in [9.17, 15) is 9.59 Å². The van der Waals surface area contributed by atoms with Crippen LogP contribution in [0.2, 0.25) is 0 Å². The van der Waals surface area contributed by atoms with Gasteiger partial charge in [-0.1, -0.05) is 6.07 Å². The van der Waals surface area contributed by atoms with Gasteiger partial charge in [0.25, 0.3) is 5.91 Å². The Morgan fingerprint density at radius 2 is 1.86 bits per heavy atom. The van der Waals surface area contributed by atoms with Crippen LogP contribution in [0.3, 0.4) is 0 Å². The third kappa shape index (κ3) is 3.65. The topological polar surface area (TPSA) is 86.3 Å². The van der Waals surface area contributed by atoms with Gasteiger partial charge in [-0.05, 0) is 24.3 Å². The summed E-state index contributed by atoms with van der Waals surface area (Å²) in [5.41, 5.74) is 1.11. The van der Waals surface area contributed by atoms with Crippen molar-refractivity contribution >= 4 is 17.5 Å². The average molecular weight is 398 g/mol. The number of rotatable bonds is 6. The van der Waals surface area contributed by atoms with Crippen molar-refractivity contribution in [2.24, 2.45) is 5.92 Å². The number of hydrogen-bond donors (Lipinski definition) is 1. The maximum atomic E-state index is 12.7. The van der Waals surface area contributed by atoms with Crippen molar-refractivity contribution in [1.82, 2.24) is 5.32 Å². The molecule has 2 aliphatic heterocycles. The van der Waals surface area contributed by atoms with Gasteiger partial charge >= 0.3 is 0 Å². The first-order valence-electron chi connectivity index (χ1n) is 9.30. The fourth-order valence-corrected chi connectivity index (χ4v) is 3.62. The molecule has 1 unspecified atom stereocenters. The molecule has 0 saturated carbocycles. The van der Waals surface area contributed by atoms with Crippen LogP contribution in [0.4, 0.5) is 5.69 Å². The number of nitrogens with one attached hydrogen (secondary N) is 1. The molecule has 1 saturated heterocycles. The molecule has 0 bridgehead atoms. The summed E-state index contributed by atoms with van der Waals surface area (Å²) in [4.78, 5) is 26.9. The fourth-order valence-electron chi connectivity index (χ4n) is 3.62. The summed E-state index contributed by atoms with van der Waals surface area (Å²) in [6.07, 6.45) is 0.359. The zero-order valence-corrected chi connectivity index (χ0v) is 16.3. The molecular formula is C21H22N2O6. The van der Waals surface area contributed by atoms with Crippen molar-refractivity contribution in [2.75, 3.05) is 39.0 Å². The minimum absolute atomic E-state index is 0.00225. The van der Waals surface area contributed by atoms with E-state index in [1.54, 1.807) is 35.2 Å². The number of hydrogen-bond acceptors (Lipinski definition) is 6. The molecular weight excluding hydrogens is 376 g/mol. The van der Waals surface area contributed by atoms with Gasteiger partial charge in [-0.2, -0.15) is 0 Å². The second-order valence-electron chi connectivity index (χ2n) is 6.86. The Morgan fingerprint density at radius 3 is 2.59 bits per heavy atom. The maximum Gasteiger partial charge on any atom is 0.258 e. The van der Waals surface area contributed by atoms with E-state index in [2.05, 4.69) is 5.32 Å². The van der Waals surface area contributed by atoms with E-state index in [1.165, 1.54) is 14.2 Å². The molecule has 0 aromatic heterocycles. The van der Waals surface area contributed by atoms with Crippen molar-refractivity contribution in [1.29, 1.82) is 0 Å². The highest BCUT2D eigenvalue weighted by Crippen LogP contribution is 2.37. The van der Waals surface area contributed by atoms with E-state index in [4.69, 9.17) is 18.9 Å². The highest BCUT2D eigenvalue weighted by atomic mass is 16.7. The van der Waals surface area contributed by atoms with Gasteiger partial charge in [-0.25, -0.2) is 0 Å². The monoisotopic (exact) mass is 398 g/mol. The quantitative estimate of drug-likeness (QED) is 0.803. The van der Waals surface area contributed by atoms with Crippen LogP contribution in [0.1, 0.15) is 16.8 Å². The zero-order valence-electron chi connectivity index (χ0n) is 16.3. The zero-order chi connectivity index (χ0) is 20.4. The molecule has 0 spiro atoms. The van der Waals surface area contributed by atoms with Gasteiger partial charge < -0.3 is 29.2 Å². The van der Waals surface area contributed by atoms with Crippen LogP contribution in [0, 0.1) is 5.92 Å². The first-order chi connectivity index (χ1) is 14.1. The molecule has 2 heterocycles. The summed E-state index contributed by atoms with van der Waals surface area (Å²) >= 11 is 0. The lowest BCUT2D eigenvalue weighted by Crippen LogP contribution is -2.31. The third-order valence-corrected chi connectivity index (χ3v) is 5.08. The van der Waals surface area contributed by atoms with Crippen LogP contribution in [0.5, 0.6) is 23.0 Å². The molecule has 2 aromatic rings. The van der Waals surface area contributed by atoms with E-state index in [-0.39, 0.29) is 24.5 Å². The Kier molecular flexibility index (Phi) is 5.16. The largest absolute Gasteiger partial charge is 0.496 e. The highest BCUT2D eigenvalue weighted by Gasteiger charge is 2.32. The van der Waals surface area contributed by atoms with Gasteiger partial charge in [-0.15, -0.1) is 0 Å². The van der Waals surface area contributed by atoms with Crippen LogP contribution < -0.4 is 29.2 Å². The fraction of sp³-hybridized carbons (Fsp3) is 0.333. The molecule has 0 aliphatic carbocycles. The molecule has 29 heavy (non-hydrogen) atoms. The lowest BCUT2D eigenvalue weighted by molar-refractivity contribution is -0.117. The average Bonchev–Trinajstić information content (AvgIpc) is 3.36. The molecule has 152 valence electrons. The van der Waals surface area contributed by atoms with Gasteiger partial charge in [0, 0.05) is 37.2 Å². The van der Waals surface area contributed by atoms with Gasteiger partial charge in [0.05, 0.1) is 14.2 Å². The first kappa shape index (κ1) is 18.9. The summed E-state index contributed by atoms with van der Waals surface area (Å²) in [5.74, 6) is 1.90. The predicted molar refractivity (Wildman–Crippen MR) is 105 cm³/mol. The SMILES string of the molecule is COc1cccc(OC)c1C(=O)NCC1CC(=O)N(c2ccc3c(c2)OCO3)C1. The van der Waals surface area contributed by atoms with Crippen LogP contribution in [-0.2, 0) is 4.79 Å². The number of carbonyl (C=O) groups is 2. The van der Waals surface area contributed by atoms with E-state index in [0.717, 1.165) is 5.69 Å². The summed E-state index contributed by atoms with van der Waals surface area (Å²) in [5, 5.41) is 2.90. The van der Waals surface area contributed by atoms with Gasteiger partial charge in [-0.3, -0.25) is 9.59 Å². The number of benzene rings is 2. The normalized spacial score (nSPS) is 17.4. The molecule has 8 nitrogen and oxygen atoms in total. The molecule has 2 aromatic carbocycles. The van der Waals surface area contributed by atoms with E-state index >= 15 is 0 Å². The number of fused-ring (bicyclic) bond motifs is 1. The van der Waals surface area contributed by atoms with Gasteiger partial charge in [0.1, 0.15) is 17.1 Å². The Labute approximate surface area is 168 Å². The Balaban J connectivity index is 1.42. The van der Waals surface area contributed by atoms with Crippen molar-refractivity contribution in [3.05, 3.63) is 42.0 Å². The summed E-state index contributed by atoms with van der Waals surface area (Å²) in [6.45, 7) is 1.07. The molecule has 2 aliphatic rings. The van der Waals surface area contributed by atoms with Gasteiger partial charge in [0.15, 0.2) is 11.5 Å². The molecule has 4 rings (SSSR count). The molecule has 1 fully saturated rings. The van der Waals surface area contributed by atoms with Crippen LogP contribution >= 0.6 is 0 Å². The number of methoxy groups -OCH3 is 2. The van der Waals surface area contributed by atoms with Crippen molar-refractivity contribution in [2.45, 2.75) is 6.42 Å². The first-order valence-corrected chi connectivity index (χ1v) is 9.30. The van der Waals surface area contributed by atoms with Crippen molar-refractivity contribution < 1.29 is 28.5 Å². The van der Waals surface area contributed by atoms with Crippen LogP contribution in [0.25, 0.3) is 0 Å². The number of carbonyl (C=O) groups excluding carboxylic acids is 2. The van der Waals surface area contributed by atoms with Crippen molar-refractivity contribution in [3.63, 3.8) is 0 Å². The molecule has 0 radical (unpaired) electrons. The number of amides is 2. The second-order valence-corrected chi connectivity index (χ2v) is 6.86. The minimum atomic E-state index is -0.298. The van der Waals surface area contributed by atoms with Crippen LogP contribution in [-0.4, -0.2) is 45.9 Å². The predicted octanol–water partition coefficient (Wildman–Crippen LogP) is 2.22. The maximum absolute atomic E-state index is 12.7. The smallest absolute Gasteiger partial charge is 0.258 e. The minimum Gasteiger partial charge on any atom is -0.496 e. The summed E-state index contributed by atoms with van der Waals surface area (Å²) < 4.78 is 21.3. The van der Waals surface area contributed by atoms with Crippen molar-refractivity contribution in [3.8, 4) is 23.0 Å². The lowest BCUT2D eigenvalue weighted by Gasteiger charge is -2.18. The molecule has 1 atom stereocenters. The van der Waals surface area contributed by atoms with E-state index < -0.39 is 0 Å². The van der Waals surface area contributed by atoms with E-state index in [0.29, 0.717) is 48.1 Å². The molecule has 8 heteroatoms. The Morgan fingerprint density at radius 1 is 1.14 bits per heavy atom. The van der Waals surface area contributed by atoms with Crippen LogP contribution in [0.15, 0.2) is 36.4 Å².